The van der Waals surface area contributed by atoms with Crippen LogP contribution >= 0.6 is 0 Å². The first-order valence-corrected chi connectivity index (χ1v) is 16.0. The molecule has 7 heteroatoms. The van der Waals surface area contributed by atoms with Gasteiger partial charge in [0.05, 0.1) is 27.4 Å². The van der Waals surface area contributed by atoms with E-state index in [4.69, 9.17) is 18.9 Å². The van der Waals surface area contributed by atoms with E-state index in [1.54, 1.807) is 14.2 Å². The van der Waals surface area contributed by atoms with Gasteiger partial charge >= 0.3 is 0 Å². The molecule has 0 bridgehead atoms. The Morgan fingerprint density at radius 1 is 0.651 bits per heavy atom. The van der Waals surface area contributed by atoms with Gasteiger partial charge in [-0.25, -0.2) is 0 Å². The largest absolute Gasteiger partial charge is 0.493 e. The van der Waals surface area contributed by atoms with Crippen molar-refractivity contribution in [1.82, 2.24) is 9.80 Å². The second-order valence-corrected chi connectivity index (χ2v) is 10.8. The monoisotopic (exact) mass is 592 g/mol. The Morgan fingerprint density at radius 3 is 1.44 bits per heavy atom. The van der Waals surface area contributed by atoms with Crippen molar-refractivity contribution < 1.29 is 23.7 Å². The summed E-state index contributed by atoms with van der Waals surface area (Å²) >= 11 is 0. The normalized spacial score (nSPS) is 15.5. The molecule has 1 saturated carbocycles. The van der Waals surface area contributed by atoms with Crippen LogP contribution in [-0.4, -0.2) is 82.3 Å². The van der Waals surface area contributed by atoms with Crippen molar-refractivity contribution in [3.63, 3.8) is 0 Å². The van der Waals surface area contributed by atoms with Gasteiger partial charge in [0, 0.05) is 24.2 Å². The lowest BCUT2D eigenvalue weighted by Gasteiger charge is -2.19. The second kappa shape index (κ2) is 18.4. The predicted octanol–water partition coefficient (Wildman–Crippen LogP) is 7.15. The molecule has 1 fully saturated rings. The molecule has 0 atom stereocenters. The van der Waals surface area contributed by atoms with Gasteiger partial charge in [-0.15, -0.1) is 0 Å². The molecule has 0 spiro atoms. The Kier molecular flexibility index (Phi) is 14.6. The molecular formula is C36H52N2O5. The maximum absolute atomic E-state index is 13.5. The van der Waals surface area contributed by atoms with Crippen LogP contribution in [0.4, 0.5) is 0 Å². The maximum atomic E-state index is 13.5. The van der Waals surface area contributed by atoms with E-state index in [0.717, 1.165) is 105 Å². The lowest BCUT2D eigenvalue weighted by molar-refractivity contribution is -0.112. The molecule has 3 rings (SSSR count). The number of carbonyl (C=O) groups is 1. The molecule has 0 aliphatic heterocycles. The van der Waals surface area contributed by atoms with E-state index in [-0.39, 0.29) is 5.78 Å². The molecule has 2 aromatic rings. The van der Waals surface area contributed by atoms with Gasteiger partial charge < -0.3 is 28.7 Å². The zero-order valence-corrected chi connectivity index (χ0v) is 27.2. The van der Waals surface area contributed by atoms with Crippen molar-refractivity contribution in [2.75, 3.05) is 66.7 Å². The first-order chi connectivity index (χ1) is 21.0. The number of hydrogen-bond acceptors (Lipinski definition) is 7. The van der Waals surface area contributed by atoms with Gasteiger partial charge in [0.25, 0.3) is 0 Å². The van der Waals surface area contributed by atoms with E-state index in [9.17, 15) is 4.79 Å². The molecule has 0 saturated heterocycles. The highest BCUT2D eigenvalue weighted by atomic mass is 16.5. The van der Waals surface area contributed by atoms with E-state index >= 15 is 0 Å². The van der Waals surface area contributed by atoms with E-state index in [2.05, 4.69) is 37.5 Å². The van der Waals surface area contributed by atoms with E-state index in [1.165, 1.54) is 0 Å². The van der Waals surface area contributed by atoms with Gasteiger partial charge in [0.2, 0.25) is 0 Å². The smallest absolute Gasteiger partial charge is 0.185 e. The van der Waals surface area contributed by atoms with Gasteiger partial charge in [0.1, 0.15) is 0 Å². The Morgan fingerprint density at radius 2 is 1.07 bits per heavy atom. The van der Waals surface area contributed by atoms with Crippen LogP contribution in [0.3, 0.4) is 0 Å². The molecule has 43 heavy (non-hydrogen) atoms. The number of hydrogen-bond donors (Lipinski definition) is 0. The first kappa shape index (κ1) is 34.2. The van der Waals surface area contributed by atoms with Crippen LogP contribution in [0.1, 0.15) is 70.9 Å². The fraction of sp³-hybridized carbons (Fsp3) is 0.528. The number of benzene rings is 2. The fourth-order valence-corrected chi connectivity index (χ4v) is 5.39. The molecule has 0 heterocycles. The lowest BCUT2D eigenvalue weighted by Crippen LogP contribution is -2.25. The average molecular weight is 593 g/mol. The molecule has 0 radical (unpaired) electrons. The molecule has 0 amide bonds. The number of nitrogens with zero attached hydrogens (tertiary/aromatic N) is 2. The number of allylic oxidation sites excluding steroid dienone is 2. The third kappa shape index (κ3) is 10.4. The summed E-state index contributed by atoms with van der Waals surface area (Å²) in [7, 11) is 3.30. The molecule has 0 N–H and O–H groups in total. The average Bonchev–Trinajstić information content (AvgIpc) is 3.04. The Balaban J connectivity index is 1.66. The summed E-state index contributed by atoms with van der Waals surface area (Å²) in [5.74, 6) is 2.91. The number of Topliss-reactive ketones (excluding diaryl/α,β-unsaturated/α-hetero) is 1. The molecule has 2 aromatic carbocycles. The van der Waals surface area contributed by atoms with Crippen LogP contribution in [0.2, 0.25) is 0 Å². The van der Waals surface area contributed by atoms with Gasteiger partial charge in [-0.2, -0.15) is 0 Å². The number of methoxy groups -OCH3 is 2. The van der Waals surface area contributed by atoms with E-state index in [0.29, 0.717) is 24.7 Å². The van der Waals surface area contributed by atoms with Crippen LogP contribution in [0.5, 0.6) is 23.0 Å². The minimum atomic E-state index is 0.0950. The Labute approximate surface area is 259 Å². The van der Waals surface area contributed by atoms with Crippen LogP contribution in [-0.2, 0) is 4.79 Å². The minimum Gasteiger partial charge on any atom is -0.493 e. The summed E-state index contributed by atoms with van der Waals surface area (Å²) in [6.07, 6.45) is 8.32. The van der Waals surface area contributed by atoms with Gasteiger partial charge in [0.15, 0.2) is 28.8 Å². The Bertz CT molecular complexity index is 1120. The molecular weight excluding hydrogens is 540 g/mol. The van der Waals surface area contributed by atoms with Crippen molar-refractivity contribution in [2.24, 2.45) is 0 Å². The van der Waals surface area contributed by atoms with Crippen molar-refractivity contribution in [3.8, 4) is 23.0 Å². The van der Waals surface area contributed by atoms with Crippen LogP contribution < -0.4 is 18.9 Å². The summed E-state index contributed by atoms with van der Waals surface area (Å²) in [6.45, 7) is 16.2. The highest BCUT2D eigenvalue weighted by Crippen LogP contribution is 2.33. The molecule has 236 valence electrons. The number of carbonyl (C=O) groups excluding carboxylic acids is 1. The second-order valence-electron chi connectivity index (χ2n) is 10.8. The summed E-state index contributed by atoms with van der Waals surface area (Å²) in [6, 6.07) is 11.8. The molecule has 1 aliphatic rings. The van der Waals surface area contributed by atoms with E-state index < -0.39 is 0 Å². The third-order valence-corrected chi connectivity index (χ3v) is 8.07. The highest BCUT2D eigenvalue weighted by Gasteiger charge is 2.21. The summed E-state index contributed by atoms with van der Waals surface area (Å²) in [5.41, 5.74) is 3.49. The van der Waals surface area contributed by atoms with Gasteiger partial charge in [-0.3, -0.25) is 4.79 Å². The van der Waals surface area contributed by atoms with Gasteiger partial charge in [-0.1, -0.05) is 39.8 Å². The third-order valence-electron chi connectivity index (χ3n) is 8.07. The predicted molar refractivity (Wildman–Crippen MR) is 177 cm³/mol. The standard InChI is InChI=1S/C36H52N2O5/c1-7-37(8-2)20-12-22-42-32-18-16-28(26-34(32)40-5)24-30-14-11-15-31(36(30)39)25-29-17-19-33(35(27-29)41-6)43-23-13-21-38(9-3)10-4/h16-19,24-27H,7-15,20-23H2,1-6H3/b30-24+,31-25+. The van der Waals surface area contributed by atoms with Crippen molar-refractivity contribution in [2.45, 2.75) is 59.8 Å². The summed E-state index contributed by atoms with van der Waals surface area (Å²) in [4.78, 5) is 18.2. The van der Waals surface area contributed by atoms with Crippen LogP contribution in [0, 0.1) is 0 Å². The topological polar surface area (TPSA) is 60.5 Å². The fourth-order valence-electron chi connectivity index (χ4n) is 5.39. The summed E-state index contributed by atoms with van der Waals surface area (Å²) < 4.78 is 23.3. The zero-order valence-electron chi connectivity index (χ0n) is 27.2. The van der Waals surface area contributed by atoms with E-state index in [1.807, 2.05) is 48.6 Å². The molecule has 7 nitrogen and oxygen atoms in total. The van der Waals surface area contributed by atoms with Crippen LogP contribution in [0.25, 0.3) is 12.2 Å². The van der Waals surface area contributed by atoms with Gasteiger partial charge in [-0.05, 0) is 106 Å². The van der Waals surface area contributed by atoms with Crippen molar-refractivity contribution >= 4 is 17.9 Å². The molecule has 0 unspecified atom stereocenters. The minimum absolute atomic E-state index is 0.0950. The van der Waals surface area contributed by atoms with Crippen LogP contribution in [0.15, 0.2) is 47.5 Å². The number of ketones is 1. The van der Waals surface area contributed by atoms with Crippen molar-refractivity contribution in [1.29, 1.82) is 0 Å². The SMILES string of the molecule is CCN(CC)CCCOc1ccc(/C=C2\CCC/C(=C\c3ccc(OCCCN(CC)CC)c(OC)c3)C2=O)cc1OC. The Hall–Kier alpha value is -3.29. The number of ether oxygens (including phenoxy) is 4. The first-order valence-electron chi connectivity index (χ1n) is 16.0. The highest BCUT2D eigenvalue weighted by molar-refractivity contribution is 6.14. The maximum Gasteiger partial charge on any atom is 0.185 e. The van der Waals surface area contributed by atoms with Crippen molar-refractivity contribution in [3.05, 3.63) is 58.7 Å². The number of rotatable bonds is 18. The lowest BCUT2D eigenvalue weighted by atomic mass is 9.87. The molecule has 1 aliphatic carbocycles. The quantitative estimate of drug-likeness (QED) is 0.135. The molecule has 0 aromatic heterocycles. The summed E-state index contributed by atoms with van der Waals surface area (Å²) in [5, 5.41) is 0. The zero-order chi connectivity index (χ0) is 31.0.